The molecule has 0 bridgehead atoms. The summed E-state index contributed by atoms with van der Waals surface area (Å²) in [5.74, 6) is -3.20. The first kappa shape index (κ1) is 24.4. The van der Waals surface area contributed by atoms with E-state index in [1.807, 2.05) is 0 Å². The lowest BCUT2D eigenvalue weighted by atomic mass is 10.2. The minimum absolute atomic E-state index is 0.0356. The van der Waals surface area contributed by atoms with Crippen LogP contribution in [0.1, 0.15) is 32.1 Å². The lowest BCUT2D eigenvalue weighted by Crippen LogP contribution is -2.24. The van der Waals surface area contributed by atoms with E-state index in [1.54, 1.807) is 0 Å². The van der Waals surface area contributed by atoms with Gasteiger partial charge in [-0.15, -0.1) is 0 Å². The fourth-order valence-corrected chi connectivity index (χ4v) is 2.23. The Hall–Kier alpha value is -1.59. The van der Waals surface area contributed by atoms with Crippen LogP contribution >= 0.6 is 0 Å². The van der Waals surface area contributed by atoms with Gasteiger partial charge in [-0.25, -0.2) is 4.79 Å². The molecular formula is C18H30O10. The predicted octanol–water partition coefficient (Wildman–Crippen LogP) is 0.557. The maximum Gasteiger partial charge on any atom is 0.372 e. The zero-order chi connectivity index (χ0) is 20.5. The molecule has 0 aromatic rings. The number of carbonyl (C=O) groups is 3. The summed E-state index contributed by atoms with van der Waals surface area (Å²) in [6, 6.07) is 0. The highest BCUT2D eigenvalue weighted by Gasteiger charge is 2.14. The van der Waals surface area contributed by atoms with Gasteiger partial charge in [-0.3, -0.25) is 9.59 Å². The number of hydrogen-bond acceptors (Lipinski definition) is 9. The molecule has 1 heterocycles. The van der Waals surface area contributed by atoms with Gasteiger partial charge < -0.3 is 33.5 Å². The first-order valence-electron chi connectivity index (χ1n) is 9.47. The lowest BCUT2D eigenvalue weighted by Gasteiger charge is -2.22. The number of aliphatic carboxylic acids is 1. The van der Waals surface area contributed by atoms with Gasteiger partial charge in [0.2, 0.25) is 5.78 Å². The Kier molecular flexibility index (Phi) is 14.3. The van der Waals surface area contributed by atoms with Crippen molar-refractivity contribution in [2.45, 2.75) is 38.4 Å². The first-order chi connectivity index (χ1) is 13.6. The van der Waals surface area contributed by atoms with E-state index in [0.717, 1.165) is 25.9 Å². The van der Waals surface area contributed by atoms with Crippen molar-refractivity contribution in [1.82, 2.24) is 0 Å². The van der Waals surface area contributed by atoms with E-state index in [1.165, 1.54) is 0 Å². The number of carboxylic acids is 1. The molecule has 0 spiro atoms. The molecule has 0 radical (unpaired) electrons. The molecule has 1 aliphatic heterocycles. The highest BCUT2D eigenvalue weighted by Crippen LogP contribution is 2.13. The summed E-state index contributed by atoms with van der Waals surface area (Å²) in [6.07, 6.45) is 2.44. The van der Waals surface area contributed by atoms with E-state index in [-0.39, 0.29) is 32.3 Å². The Morgan fingerprint density at radius 3 is 2.00 bits per heavy atom. The molecule has 1 N–H and O–H groups in total. The summed E-state index contributed by atoms with van der Waals surface area (Å²) < 4.78 is 31.7. The van der Waals surface area contributed by atoms with Crippen molar-refractivity contribution in [3.63, 3.8) is 0 Å². The van der Waals surface area contributed by atoms with E-state index in [9.17, 15) is 14.4 Å². The molecule has 0 aliphatic carbocycles. The molecule has 1 atom stereocenters. The molecule has 1 rings (SSSR count). The van der Waals surface area contributed by atoms with Gasteiger partial charge in [0.25, 0.3) is 0 Å². The molecule has 1 unspecified atom stereocenters. The standard InChI is InChI=1S/C18H30O10/c19-15(18(21)22)4-5-16(20)26-13-11-24-9-7-23-8-10-25-12-14-28-17-3-1-2-6-27-17/h17H,1-14H2,(H,21,22). The van der Waals surface area contributed by atoms with Gasteiger partial charge in [0.15, 0.2) is 6.29 Å². The quantitative estimate of drug-likeness (QED) is 0.208. The average molecular weight is 406 g/mol. The van der Waals surface area contributed by atoms with E-state index in [4.69, 9.17) is 33.5 Å². The average Bonchev–Trinajstić information content (AvgIpc) is 2.70. The number of carboxylic acid groups (broad SMARTS) is 1. The fourth-order valence-electron chi connectivity index (χ4n) is 2.23. The monoisotopic (exact) mass is 406 g/mol. The molecule has 162 valence electrons. The molecular weight excluding hydrogens is 376 g/mol. The van der Waals surface area contributed by atoms with Crippen LogP contribution in [-0.2, 0) is 42.8 Å². The van der Waals surface area contributed by atoms with Crippen molar-refractivity contribution in [2.24, 2.45) is 0 Å². The number of Topliss-reactive ketones (excluding diaryl/α,β-unsaturated/α-hetero) is 1. The van der Waals surface area contributed by atoms with Gasteiger partial charge in [-0.05, 0) is 19.3 Å². The van der Waals surface area contributed by atoms with Crippen LogP contribution in [0.25, 0.3) is 0 Å². The van der Waals surface area contributed by atoms with E-state index < -0.39 is 17.7 Å². The molecule has 1 saturated heterocycles. The van der Waals surface area contributed by atoms with Gasteiger partial charge in [-0.1, -0.05) is 0 Å². The molecule has 0 amide bonds. The van der Waals surface area contributed by atoms with E-state index in [2.05, 4.69) is 0 Å². The second-order valence-electron chi connectivity index (χ2n) is 5.95. The van der Waals surface area contributed by atoms with Crippen molar-refractivity contribution < 1.29 is 47.9 Å². The Balaban J connectivity index is 1.76. The Morgan fingerprint density at radius 1 is 0.821 bits per heavy atom. The summed E-state index contributed by atoms with van der Waals surface area (Å²) in [5.41, 5.74) is 0. The van der Waals surface area contributed by atoms with Crippen LogP contribution in [0.5, 0.6) is 0 Å². The number of hydrogen-bond donors (Lipinski definition) is 1. The first-order valence-corrected chi connectivity index (χ1v) is 9.47. The predicted molar refractivity (Wildman–Crippen MR) is 94.8 cm³/mol. The second kappa shape index (κ2) is 16.4. The van der Waals surface area contributed by atoms with Crippen molar-refractivity contribution >= 4 is 17.7 Å². The lowest BCUT2D eigenvalue weighted by molar-refractivity contribution is -0.169. The van der Waals surface area contributed by atoms with Crippen LogP contribution in [0.15, 0.2) is 0 Å². The Labute approximate surface area is 164 Å². The van der Waals surface area contributed by atoms with Crippen LogP contribution in [0.4, 0.5) is 0 Å². The molecule has 1 fully saturated rings. The van der Waals surface area contributed by atoms with Gasteiger partial charge >= 0.3 is 11.9 Å². The van der Waals surface area contributed by atoms with Crippen LogP contribution in [0, 0.1) is 0 Å². The highest BCUT2D eigenvalue weighted by molar-refractivity contribution is 6.32. The normalized spacial score (nSPS) is 16.6. The van der Waals surface area contributed by atoms with Crippen LogP contribution in [-0.4, -0.2) is 88.6 Å². The largest absolute Gasteiger partial charge is 0.476 e. The van der Waals surface area contributed by atoms with Crippen molar-refractivity contribution in [1.29, 1.82) is 0 Å². The number of rotatable bonds is 17. The fraction of sp³-hybridized carbons (Fsp3) is 0.833. The maximum atomic E-state index is 11.3. The second-order valence-corrected chi connectivity index (χ2v) is 5.95. The van der Waals surface area contributed by atoms with Gasteiger partial charge in [0.05, 0.1) is 52.7 Å². The summed E-state index contributed by atoms with van der Waals surface area (Å²) in [6.45, 7) is 3.61. The molecule has 10 nitrogen and oxygen atoms in total. The number of carbonyl (C=O) groups excluding carboxylic acids is 2. The van der Waals surface area contributed by atoms with Gasteiger partial charge in [0.1, 0.15) is 6.61 Å². The summed E-state index contributed by atoms with van der Waals surface area (Å²) in [7, 11) is 0. The van der Waals surface area contributed by atoms with Crippen molar-refractivity contribution in [3.8, 4) is 0 Å². The van der Waals surface area contributed by atoms with E-state index >= 15 is 0 Å². The smallest absolute Gasteiger partial charge is 0.372 e. The number of esters is 1. The number of ketones is 1. The Morgan fingerprint density at radius 2 is 1.43 bits per heavy atom. The summed E-state index contributed by atoms with van der Waals surface area (Å²) in [5, 5.41) is 8.38. The third kappa shape index (κ3) is 13.6. The third-order valence-electron chi connectivity index (χ3n) is 3.70. The maximum absolute atomic E-state index is 11.3. The number of ether oxygens (including phenoxy) is 6. The van der Waals surface area contributed by atoms with Crippen LogP contribution in [0.3, 0.4) is 0 Å². The van der Waals surface area contributed by atoms with Gasteiger partial charge in [-0.2, -0.15) is 0 Å². The molecule has 0 aromatic carbocycles. The summed E-state index contributed by atoms with van der Waals surface area (Å²) >= 11 is 0. The Bertz CT molecular complexity index is 448. The zero-order valence-corrected chi connectivity index (χ0v) is 16.1. The third-order valence-corrected chi connectivity index (χ3v) is 3.70. The minimum atomic E-state index is -1.55. The summed E-state index contributed by atoms with van der Waals surface area (Å²) in [4.78, 5) is 32.4. The molecule has 0 aromatic heterocycles. The van der Waals surface area contributed by atoms with Gasteiger partial charge in [0, 0.05) is 13.0 Å². The van der Waals surface area contributed by atoms with E-state index in [0.29, 0.717) is 39.6 Å². The van der Waals surface area contributed by atoms with Crippen LogP contribution in [0.2, 0.25) is 0 Å². The molecule has 28 heavy (non-hydrogen) atoms. The molecule has 10 heteroatoms. The van der Waals surface area contributed by atoms with Crippen molar-refractivity contribution in [3.05, 3.63) is 0 Å². The zero-order valence-electron chi connectivity index (χ0n) is 16.1. The minimum Gasteiger partial charge on any atom is -0.476 e. The topological polar surface area (TPSA) is 127 Å². The molecule has 1 aliphatic rings. The van der Waals surface area contributed by atoms with Crippen molar-refractivity contribution in [2.75, 3.05) is 59.5 Å². The van der Waals surface area contributed by atoms with Crippen LogP contribution < -0.4 is 0 Å². The highest BCUT2D eigenvalue weighted by atomic mass is 16.7. The molecule has 0 saturated carbocycles. The SMILES string of the molecule is O=C(CCC(=O)C(=O)O)OCCOCCOCCOCCOC1CCCCO1.